The van der Waals surface area contributed by atoms with Gasteiger partial charge in [0.25, 0.3) is 0 Å². The molecule has 6 nitrogen and oxygen atoms in total. The molecule has 2 aliphatic rings. The third-order valence-electron chi connectivity index (χ3n) is 4.68. The van der Waals surface area contributed by atoms with Crippen LogP contribution in [0.15, 0.2) is 29.4 Å². The quantitative estimate of drug-likeness (QED) is 0.797. The summed E-state index contributed by atoms with van der Waals surface area (Å²) in [6, 6.07) is 4.28. The maximum atomic E-state index is 12.2. The summed E-state index contributed by atoms with van der Waals surface area (Å²) >= 11 is 1.55. The second-order valence-corrected chi connectivity index (χ2v) is 7.19. The number of amides is 2. The molecule has 1 aromatic heterocycles. The minimum atomic E-state index is -0.178. The van der Waals surface area contributed by atoms with Crippen molar-refractivity contribution in [1.82, 2.24) is 14.8 Å². The van der Waals surface area contributed by atoms with E-state index < -0.39 is 0 Å². The van der Waals surface area contributed by atoms with Crippen LogP contribution >= 0.6 is 11.8 Å². The van der Waals surface area contributed by atoms with E-state index in [2.05, 4.69) is 9.88 Å². The molecular formula is C16H22N4O2S. The fourth-order valence-corrected chi connectivity index (χ4v) is 3.90. The smallest absolute Gasteiger partial charge is 0.233 e. The number of nitrogens with zero attached hydrogens (tertiary/aromatic N) is 3. The highest BCUT2D eigenvalue weighted by Gasteiger charge is 2.36. The number of piperidine rings is 1. The molecule has 2 N–H and O–H groups in total. The van der Waals surface area contributed by atoms with Gasteiger partial charge in [0, 0.05) is 42.3 Å². The lowest BCUT2D eigenvalue weighted by atomic mass is 9.94. The second kappa shape index (κ2) is 7.31. The topological polar surface area (TPSA) is 79.5 Å². The molecule has 2 saturated heterocycles. The van der Waals surface area contributed by atoms with Crippen LogP contribution in [-0.2, 0) is 9.59 Å². The number of aromatic nitrogens is 1. The number of thioether (sulfide) groups is 1. The van der Waals surface area contributed by atoms with Gasteiger partial charge in [-0.25, -0.2) is 0 Å². The lowest BCUT2D eigenvalue weighted by molar-refractivity contribution is -0.136. The third-order valence-corrected chi connectivity index (χ3v) is 5.67. The largest absolute Gasteiger partial charge is 0.369 e. The number of hydrogen-bond acceptors (Lipinski definition) is 5. The van der Waals surface area contributed by atoms with E-state index in [0.717, 1.165) is 43.9 Å². The Morgan fingerprint density at radius 1 is 1.22 bits per heavy atom. The normalized spacial score (nSPS) is 20.3. The summed E-state index contributed by atoms with van der Waals surface area (Å²) in [5.41, 5.74) is 5.36. The standard InChI is InChI=1S/C16H22N4O2S/c17-16(22)12-3-7-19(8-4-12)13-9-20(10-13)15(21)11-23-14-1-5-18-6-2-14/h1-2,5-6,12-13H,3-4,7-11H2,(H2,17,22). The molecule has 3 heterocycles. The minimum absolute atomic E-state index is 0.0285. The van der Waals surface area contributed by atoms with Crippen molar-refractivity contribution in [1.29, 1.82) is 0 Å². The Kier molecular flexibility index (Phi) is 5.17. The zero-order chi connectivity index (χ0) is 16.2. The van der Waals surface area contributed by atoms with E-state index in [1.807, 2.05) is 17.0 Å². The summed E-state index contributed by atoms with van der Waals surface area (Å²) in [6.45, 7) is 3.42. The Hall–Kier alpha value is -1.60. The van der Waals surface area contributed by atoms with Gasteiger partial charge in [-0.1, -0.05) is 0 Å². The molecule has 0 aliphatic carbocycles. The SMILES string of the molecule is NC(=O)C1CCN(C2CN(C(=O)CSc3ccncc3)C2)CC1. The Balaban J connectivity index is 1.37. The number of primary amides is 1. The average Bonchev–Trinajstić information content (AvgIpc) is 2.53. The van der Waals surface area contributed by atoms with E-state index in [9.17, 15) is 9.59 Å². The first-order valence-electron chi connectivity index (χ1n) is 7.97. The fourth-order valence-electron chi connectivity index (χ4n) is 3.11. The molecule has 0 atom stereocenters. The zero-order valence-electron chi connectivity index (χ0n) is 13.1. The van der Waals surface area contributed by atoms with Crippen LogP contribution in [0.4, 0.5) is 0 Å². The molecule has 0 spiro atoms. The van der Waals surface area contributed by atoms with Crippen LogP contribution in [0.5, 0.6) is 0 Å². The summed E-state index contributed by atoms with van der Waals surface area (Å²) in [5, 5.41) is 0. The highest BCUT2D eigenvalue weighted by molar-refractivity contribution is 8.00. The van der Waals surface area contributed by atoms with Crippen molar-refractivity contribution >= 4 is 23.6 Å². The Morgan fingerprint density at radius 2 is 1.87 bits per heavy atom. The van der Waals surface area contributed by atoms with Crippen LogP contribution in [0.25, 0.3) is 0 Å². The third kappa shape index (κ3) is 4.03. The van der Waals surface area contributed by atoms with Gasteiger partial charge in [0.15, 0.2) is 0 Å². The predicted octanol–water partition coefficient (Wildman–Crippen LogP) is 0.582. The Labute approximate surface area is 140 Å². The van der Waals surface area contributed by atoms with Gasteiger partial charge < -0.3 is 10.6 Å². The van der Waals surface area contributed by atoms with Crippen LogP contribution in [0.1, 0.15) is 12.8 Å². The van der Waals surface area contributed by atoms with Crippen molar-refractivity contribution in [2.24, 2.45) is 11.7 Å². The van der Waals surface area contributed by atoms with Crippen molar-refractivity contribution in [3.05, 3.63) is 24.5 Å². The lowest BCUT2D eigenvalue weighted by Crippen LogP contribution is -2.62. The maximum absolute atomic E-state index is 12.2. The minimum Gasteiger partial charge on any atom is -0.369 e. The molecule has 0 unspecified atom stereocenters. The van der Waals surface area contributed by atoms with Gasteiger partial charge in [0.05, 0.1) is 5.75 Å². The molecule has 7 heteroatoms. The molecule has 3 rings (SSSR count). The number of carbonyl (C=O) groups excluding carboxylic acids is 2. The van der Waals surface area contributed by atoms with Gasteiger partial charge in [0.1, 0.15) is 0 Å². The number of pyridine rings is 1. The highest BCUT2D eigenvalue weighted by atomic mass is 32.2. The van der Waals surface area contributed by atoms with Gasteiger partial charge in [-0.2, -0.15) is 0 Å². The first kappa shape index (κ1) is 16.3. The summed E-state index contributed by atoms with van der Waals surface area (Å²) in [5.74, 6) is 0.514. The number of nitrogens with two attached hydrogens (primary N) is 1. The van der Waals surface area contributed by atoms with Crippen molar-refractivity contribution < 1.29 is 9.59 Å². The summed E-state index contributed by atoms with van der Waals surface area (Å²) < 4.78 is 0. The molecule has 0 bridgehead atoms. The Bertz CT molecular complexity index is 554. The molecule has 2 amide bonds. The molecule has 0 radical (unpaired) electrons. The summed E-state index contributed by atoms with van der Waals surface area (Å²) in [6.07, 6.45) is 5.17. The lowest BCUT2D eigenvalue weighted by Gasteiger charge is -2.47. The van der Waals surface area contributed by atoms with E-state index in [-0.39, 0.29) is 17.7 Å². The zero-order valence-corrected chi connectivity index (χ0v) is 13.9. The van der Waals surface area contributed by atoms with Crippen LogP contribution in [0.2, 0.25) is 0 Å². The average molecular weight is 334 g/mol. The molecule has 1 aromatic rings. The highest BCUT2D eigenvalue weighted by Crippen LogP contribution is 2.24. The van der Waals surface area contributed by atoms with Crippen molar-refractivity contribution in [3.63, 3.8) is 0 Å². The van der Waals surface area contributed by atoms with E-state index in [4.69, 9.17) is 5.73 Å². The number of carbonyl (C=O) groups is 2. The molecule has 0 saturated carbocycles. The number of hydrogen-bond donors (Lipinski definition) is 1. The fraction of sp³-hybridized carbons (Fsp3) is 0.562. The Morgan fingerprint density at radius 3 is 2.48 bits per heavy atom. The number of rotatable bonds is 5. The van der Waals surface area contributed by atoms with Crippen LogP contribution in [0, 0.1) is 5.92 Å². The van der Waals surface area contributed by atoms with Crippen LogP contribution in [0.3, 0.4) is 0 Å². The van der Waals surface area contributed by atoms with Crippen LogP contribution < -0.4 is 5.73 Å². The molecule has 23 heavy (non-hydrogen) atoms. The van der Waals surface area contributed by atoms with Gasteiger partial charge in [-0.15, -0.1) is 11.8 Å². The molecule has 124 valence electrons. The molecule has 2 aliphatic heterocycles. The molecule has 2 fully saturated rings. The molecular weight excluding hydrogens is 312 g/mol. The van der Waals surface area contributed by atoms with Crippen molar-refractivity contribution in [3.8, 4) is 0 Å². The van der Waals surface area contributed by atoms with E-state index in [1.165, 1.54) is 0 Å². The van der Waals surface area contributed by atoms with E-state index in [0.29, 0.717) is 11.8 Å². The van der Waals surface area contributed by atoms with Crippen molar-refractivity contribution in [2.45, 2.75) is 23.8 Å². The van der Waals surface area contributed by atoms with Crippen molar-refractivity contribution in [2.75, 3.05) is 31.9 Å². The van der Waals surface area contributed by atoms with E-state index in [1.54, 1.807) is 24.2 Å². The van der Waals surface area contributed by atoms with Gasteiger partial charge >= 0.3 is 0 Å². The predicted molar refractivity (Wildman–Crippen MR) is 88.8 cm³/mol. The van der Waals surface area contributed by atoms with Gasteiger partial charge in [-0.3, -0.25) is 19.5 Å². The maximum Gasteiger partial charge on any atom is 0.233 e. The molecule has 0 aromatic carbocycles. The first-order chi connectivity index (χ1) is 11.1. The van der Waals surface area contributed by atoms with Gasteiger partial charge in [-0.05, 0) is 38.1 Å². The summed E-state index contributed by atoms with van der Waals surface area (Å²) in [7, 11) is 0. The number of likely N-dealkylation sites (tertiary alicyclic amines) is 2. The second-order valence-electron chi connectivity index (χ2n) is 6.14. The summed E-state index contributed by atoms with van der Waals surface area (Å²) in [4.78, 5) is 32.7. The first-order valence-corrected chi connectivity index (χ1v) is 8.96. The van der Waals surface area contributed by atoms with E-state index >= 15 is 0 Å². The monoisotopic (exact) mass is 334 g/mol. The van der Waals surface area contributed by atoms with Crippen LogP contribution in [-0.4, -0.2) is 64.6 Å². The van der Waals surface area contributed by atoms with Gasteiger partial charge in [0.2, 0.25) is 11.8 Å².